The Balaban J connectivity index is 1.45. The van der Waals surface area contributed by atoms with E-state index in [-0.39, 0.29) is 36.7 Å². The zero-order valence-electron chi connectivity index (χ0n) is 18.7. The number of nitrogens with zero attached hydrogens (tertiary/aromatic N) is 3. The van der Waals surface area contributed by atoms with Gasteiger partial charge in [-0.1, -0.05) is 55.8 Å². The lowest BCUT2D eigenvalue weighted by Gasteiger charge is -2.29. The summed E-state index contributed by atoms with van der Waals surface area (Å²) in [4.78, 5) is 27.9. The summed E-state index contributed by atoms with van der Waals surface area (Å²) < 4.78 is 5.82. The van der Waals surface area contributed by atoms with Crippen LogP contribution in [0, 0.1) is 5.92 Å². The summed E-state index contributed by atoms with van der Waals surface area (Å²) in [7, 11) is 0. The Morgan fingerprint density at radius 2 is 1.79 bits per heavy atom. The fraction of sp³-hybridized carbons (Fsp3) is 0.360. The summed E-state index contributed by atoms with van der Waals surface area (Å²) >= 11 is 5.95. The number of carbonyl (C=O) groups is 2. The van der Waals surface area contributed by atoms with Gasteiger partial charge in [-0.25, -0.2) is 0 Å². The summed E-state index contributed by atoms with van der Waals surface area (Å²) in [5.41, 5.74) is 1.67. The van der Waals surface area contributed by atoms with E-state index in [0.29, 0.717) is 16.8 Å². The molecule has 3 aromatic rings. The van der Waals surface area contributed by atoms with Crippen LogP contribution in [0.4, 0.5) is 0 Å². The summed E-state index contributed by atoms with van der Waals surface area (Å²) in [5, 5.41) is 11.8. The van der Waals surface area contributed by atoms with Crippen molar-refractivity contribution < 1.29 is 14.0 Å². The zero-order valence-corrected chi connectivity index (χ0v) is 19.5. The van der Waals surface area contributed by atoms with Crippen molar-refractivity contribution in [1.29, 1.82) is 0 Å². The van der Waals surface area contributed by atoms with Crippen molar-refractivity contribution in [3.8, 4) is 11.5 Å². The molecule has 0 radical (unpaired) electrons. The molecule has 33 heavy (non-hydrogen) atoms. The second-order valence-corrected chi connectivity index (χ2v) is 9.09. The average Bonchev–Trinajstić information content (AvgIpc) is 3.54. The number of aromatic nitrogens is 2. The first kappa shape index (κ1) is 23.0. The standard InChI is InChI=1S/C25H27ClN4O3/c1-16(2)23(27-21(31)14-17-6-4-3-5-7-17)25(32)30(20-12-13-20)15-22-28-29-24(33-22)18-8-10-19(26)11-9-18/h3-11,16,20,23H,12-15H2,1-2H3,(H,27,31)/t23-/m1/s1. The van der Waals surface area contributed by atoms with Gasteiger partial charge in [0.05, 0.1) is 13.0 Å². The Morgan fingerprint density at radius 1 is 1.09 bits per heavy atom. The van der Waals surface area contributed by atoms with Gasteiger partial charge in [-0.3, -0.25) is 9.59 Å². The minimum absolute atomic E-state index is 0.0641. The Labute approximate surface area is 198 Å². The summed E-state index contributed by atoms with van der Waals surface area (Å²) in [6, 6.07) is 16.1. The molecule has 7 nitrogen and oxygen atoms in total. The molecule has 2 aromatic carbocycles. The van der Waals surface area contributed by atoms with Crippen LogP contribution in [-0.4, -0.2) is 39.0 Å². The van der Waals surface area contributed by atoms with Crippen molar-refractivity contribution >= 4 is 23.4 Å². The van der Waals surface area contributed by atoms with Gasteiger partial charge in [-0.2, -0.15) is 0 Å². The molecule has 0 saturated heterocycles. The molecule has 172 valence electrons. The minimum atomic E-state index is -0.625. The van der Waals surface area contributed by atoms with Gasteiger partial charge in [-0.05, 0) is 48.6 Å². The van der Waals surface area contributed by atoms with Crippen LogP contribution in [-0.2, 0) is 22.6 Å². The van der Waals surface area contributed by atoms with E-state index in [9.17, 15) is 9.59 Å². The van der Waals surface area contributed by atoms with Crippen LogP contribution in [0.1, 0.15) is 38.1 Å². The van der Waals surface area contributed by atoms with E-state index in [1.807, 2.05) is 44.2 Å². The van der Waals surface area contributed by atoms with Gasteiger partial charge in [0.25, 0.3) is 0 Å². The van der Waals surface area contributed by atoms with Crippen LogP contribution < -0.4 is 5.32 Å². The van der Waals surface area contributed by atoms with Crippen LogP contribution in [0.5, 0.6) is 0 Å². The van der Waals surface area contributed by atoms with E-state index in [1.165, 1.54) is 0 Å². The molecule has 0 aliphatic heterocycles. The summed E-state index contributed by atoms with van der Waals surface area (Å²) in [6.45, 7) is 4.07. The molecule has 4 rings (SSSR count). The fourth-order valence-corrected chi connectivity index (χ4v) is 3.77. The van der Waals surface area contributed by atoms with Gasteiger partial charge in [0.1, 0.15) is 6.04 Å². The maximum Gasteiger partial charge on any atom is 0.247 e. The third kappa shape index (κ3) is 5.99. The largest absolute Gasteiger partial charge is 0.419 e. The van der Waals surface area contributed by atoms with Crippen LogP contribution >= 0.6 is 11.6 Å². The second kappa shape index (κ2) is 10.2. The van der Waals surface area contributed by atoms with Crippen LogP contribution in [0.25, 0.3) is 11.5 Å². The number of amides is 2. The highest BCUT2D eigenvalue weighted by Crippen LogP contribution is 2.30. The smallest absolute Gasteiger partial charge is 0.247 e. The van der Waals surface area contributed by atoms with Gasteiger partial charge in [0, 0.05) is 16.6 Å². The Hall–Kier alpha value is -3.19. The molecule has 0 unspecified atom stereocenters. The molecule has 1 N–H and O–H groups in total. The number of hydrogen-bond donors (Lipinski definition) is 1. The quantitative estimate of drug-likeness (QED) is 0.509. The molecule has 1 aliphatic carbocycles. The highest BCUT2D eigenvalue weighted by molar-refractivity contribution is 6.30. The molecule has 2 amide bonds. The lowest BCUT2D eigenvalue weighted by atomic mass is 10.0. The molecule has 1 aromatic heterocycles. The highest BCUT2D eigenvalue weighted by atomic mass is 35.5. The monoisotopic (exact) mass is 466 g/mol. The van der Waals surface area contributed by atoms with E-state index >= 15 is 0 Å². The van der Waals surface area contributed by atoms with E-state index in [2.05, 4.69) is 15.5 Å². The third-order valence-corrected chi connectivity index (χ3v) is 5.84. The predicted octanol–water partition coefficient (Wildman–Crippen LogP) is 4.26. The van der Waals surface area contributed by atoms with Gasteiger partial charge in [0.2, 0.25) is 23.6 Å². The zero-order chi connectivity index (χ0) is 23.4. The Kier molecular flexibility index (Phi) is 7.08. The second-order valence-electron chi connectivity index (χ2n) is 8.66. The van der Waals surface area contributed by atoms with Gasteiger partial charge in [0.15, 0.2) is 0 Å². The predicted molar refractivity (Wildman–Crippen MR) is 125 cm³/mol. The van der Waals surface area contributed by atoms with Crippen molar-refractivity contribution in [1.82, 2.24) is 20.4 Å². The average molecular weight is 467 g/mol. The first-order chi connectivity index (χ1) is 15.9. The third-order valence-electron chi connectivity index (χ3n) is 5.59. The van der Waals surface area contributed by atoms with Crippen LogP contribution in [0.2, 0.25) is 5.02 Å². The topological polar surface area (TPSA) is 88.3 Å². The van der Waals surface area contributed by atoms with Crippen LogP contribution in [0.3, 0.4) is 0 Å². The van der Waals surface area contributed by atoms with Gasteiger partial charge in [-0.15, -0.1) is 10.2 Å². The Morgan fingerprint density at radius 3 is 2.42 bits per heavy atom. The molecule has 1 fully saturated rings. The van der Waals surface area contributed by atoms with Crippen molar-refractivity contribution in [2.75, 3.05) is 0 Å². The van der Waals surface area contributed by atoms with E-state index in [4.69, 9.17) is 16.0 Å². The lowest BCUT2D eigenvalue weighted by molar-refractivity contribution is -0.139. The Bertz CT molecular complexity index is 1090. The van der Waals surface area contributed by atoms with Gasteiger partial charge < -0.3 is 14.6 Å². The first-order valence-corrected chi connectivity index (χ1v) is 11.5. The number of nitrogens with one attached hydrogen (secondary N) is 1. The molecule has 1 aliphatic rings. The maximum absolute atomic E-state index is 13.5. The molecular formula is C25H27ClN4O3. The number of carbonyl (C=O) groups excluding carboxylic acids is 2. The van der Waals surface area contributed by atoms with Crippen molar-refractivity contribution in [3.05, 3.63) is 71.1 Å². The van der Waals surface area contributed by atoms with Gasteiger partial charge >= 0.3 is 0 Å². The summed E-state index contributed by atoms with van der Waals surface area (Å²) in [6.07, 6.45) is 2.08. The number of rotatable bonds is 9. The molecule has 0 bridgehead atoms. The van der Waals surface area contributed by atoms with E-state index in [0.717, 1.165) is 24.0 Å². The van der Waals surface area contributed by atoms with Crippen molar-refractivity contribution in [2.24, 2.45) is 5.92 Å². The summed E-state index contributed by atoms with van der Waals surface area (Å²) in [5.74, 6) is 0.373. The molecule has 1 saturated carbocycles. The maximum atomic E-state index is 13.5. The minimum Gasteiger partial charge on any atom is -0.419 e. The molecule has 8 heteroatoms. The van der Waals surface area contributed by atoms with Crippen LogP contribution in [0.15, 0.2) is 59.0 Å². The SMILES string of the molecule is CC(C)[C@@H](NC(=O)Cc1ccccc1)C(=O)N(Cc1nnc(-c2ccc(Cl)cc2)o1)C1CC1. The van der Waals surface area contributed by atoms with Crippen molar-refractivity contribution in [3.63, 3.8) is 0 Å². The lowest BCUT2D eigenvalue weighted by Crippen LogP contribution is -2.52. The number of benzene rings is 2. The molecule has 0 spiro atoms. The number of hydrogen-bond acceptors (Lipinski definition) is 5. The molecule has 1 atom stereocenters. The fourth-order valence-electron chi connectivity index (χ4n) is 3.64. The molecular weight excluding hydrogens is 440 g/mol. The molecule has 1 heterocycles. The van der Waals surface area contributed by atoms with E-state index < -0.39 is 6.04 Å². The van der Waals surface area contributed by atoms with E-state index in [1.54, 1.807) is 29.2 Å². The normalized spacial score (nSPS) is 14.2. The number of halogens is 1. The van der Waals surface area contributed by atoms with Crippen molar-refractivity contribution in [2.45, 2.75) is 51.7 Å². The highest BCUT2D eigenvalue weighted by Gasteiger charge is 2.38. The first-order valence-electron chi connectivity index (χ1n) is 11.1.